The third-order valence-corrected chi connectivity index (χ3v) is 8.67. The molecule has 1 heterocycles. The minimum atomic E-state index is -5.04. The van der Waals surface area contributed by atoms with Crippen LogP contribution in [0.5, 0.6) is 5.75 Å². The molecule has 3 aromatic carbocycles. The highest BCUT2D eigenvalue weighted by Crippen LogP contribution is 2.51. The van der Waals surface area contributed by atoms with Gasteiger partial charge in [0.2, 0.25) is 5.67 Å². The molecular weight excluding hydrogens is 529 g/mol. The molecule has 1 aliphatic carbocycles. The summed E-state index contributed by atoms with van der Waals surface area (Å²) in [5, 5.41) is 9.36. The van der Waals surface area contributed by atoms with Gasteiger partial charge in [0, 0.05) is 23.6 Å². The second kappa shape index (κ2) is 10.2. The number of hydrogen-bond donors (Lipinski definition) is 1. The van der Waals surface area contributed by atoms with Gasteiger partial charge in [-0.3, -0.25) is 4.90 Å². The van der Waals surface area contributed by atoms with Gasteiger partial charge in [-0.1, -0.05) is 36.4 Å². The fourth-order valence-electron chi connectivity index (χ4n) is 6.51. The first kappa shape index (κ1) is 28.1. The topological polar surface area (TPSA) is 49.8 Å². The Morgan fingerprint density at radius 1 is 1.07 bits per heavy atom. The van der Waals surface area contributed by atoms with Crippen molar-refractivity contribution in [2.45, 2.75) is 62.5 Å². The second-order valence-corrected chi connectivity index (χ2v) is 10.9. The van der Waals surface area contributed by atoms with Crippen LogP contribution in [0.1, 0.15) is 57.9 Å². The number of fused-ring (bicyclic) bond motifs is 3. The molecule has 5 rings (SSSR count). The fourth-order valence-corrected chi connectivity index (χ4v) is 6.51. The summed E-state index contributed by atoms with van der Waals surface area (Å²) in [5.74, 6) is -0.945. The lowest BCUT2D eigenvalue weighted by Gasteiger charge is -2.44. The van der Waals surface area contributed by atoms with E-state index in [0.29, 0.717) is 57.0 Å². The zero-order chi connectivity index (χ0) is 28.9. The number of aryl methyl sites for hydroxylation is 1. The van der Waals surface area contributed by atoms with E-state index in [9.17, 15) is 31.9 Å². The van der Waals surface area contributed by atoms with Crippen LogP contribution in [0.25, 0.3) is 0 Å². The first-order valence-corrected chi connectivity index (χ1v) is 13.1. The van der Waals surface area contributed by atoms with E-state index in [0.717, 1.165) is 16.7 Å². The van der Waals surface area contributed by atoms with Crippen LogP contribution in [0, 0.1) is 5.82 Å². The minimum absolute atomic E-state index is 0.000800. The smallest absolute Gasteiger partial charge is 0.426 e. The molecule has 1 fully saturated rings. The van der Waals surface area contributed by atoms with Crippen LogP contribution in [0.3, 0.4) is 0 Å². The van der Waals surface area contributed by atoms with Gasteiger partial charge in [-0.15, -0.1) is 0 Å². The maximum Gasteiger partial charge on any atom is 0.426 e. The zero-order valence-electron chi connectivity index (χ0n) is 22.2. The van der Waals surface area contributed by atoms with Crippen LogP contribution in [0.15, 0.2) is 60.7 Å². The van der Waals surface area contributed by atoms with Gasteiger partial charge in [0.05, 0.1) is 12.7 Å². The van der Waals surface area contributed by atoms with Crippen molar-refractivity contribution in [1.82, 2.24) is 4.90 Å². The molecule has 9 heteroatoms. The van der Waals surface area contributed by atoms with E-state index in [1.165, 1.54) is 43.5 Å². The van der Waals surface area contributed by atoms with Gasteiger partial charge in [-0.2, -0.15) is 13.2 Å². The van der Waals surface area contributed by atoms with E-state index >= 15 is 0 Å². The van der Waals surface area contributed by atoms with Crippen molar-refractivity contribution in [3.8, 4) is 5.75 Å². The number of methoxy groups -OCH3 is 1. The van der Waals surface area contributed by atoms with E-state index in [2.05, 4.69) is 4.90 Å². The highest BCUT2D eigenvalue weighted by atomic mass is 19.4. The number of benzene rings is 3. The summed E-state index contributed by atoms with van der Waals surface area (Å²) in [6, 6.07) is 15.3. The van der Waals surface area contributed by atoms with E-state index in [1.807, 2.05) is 0 Å². The fraction of sp³-hybridized carbons (Fsp3) is 0.387. The highest BCUT2D eigenvalue weighted by molar-refractivity contribution is 5.88. The van der Waals surface area contributed by atoms with Crippen molar-refractivity contribution in [1.29, 1.82) is 0 Å². The number of aromatic carboxylic acids is 1. The number of carbonyl (C=O) groups is 1. The molecule has 0 amide bonds. The van der Waals surface area contributed by atoms with Crippen LogP contribution < -0.4 is 4.74 Å². The Balaban J connectivity index is 1.54. The lowest BCUT2D eigenvalue weighted by molar-refractivity contribution is -0.228. The first-order chi connectivity index (χ1) is 18.9. The van der Waals surface area contributed by atoms with Crippen molar-refractivity contribution >= 4 is 5.97 Å². The number of rotatable bonds is 7. The van der Waals surface area contributed by atoms with Crippen LogP contribution in [0.4, 0.5) is 22.0 Å². The lowest BCUT2D eigenvalue weighted by atomic mass is 9.63. The summed E-state index contributed by atoms with van der Waals surface area (Å²) in [4.78, 5) is 13.7. The third-order valence-electron chi connectivity index (χ3n) is 8.67. The van der Waals surface area contributed by atoms with E-state index < -0.39 is 28.8 Å². The summed E-state index contributed by atoms with van der Waals surface area (Å²) in [6.07, 6.45) is -2.67. The van der Waals surface area contributed by atoms with Gasteiger partial charge in [0.15, 0.2) is 0 Å². The second-order valence-electron chi connectivity index (χ2n) is 10.9. The van der Waals surface area contributed by atoms with Crippen LogP contribution in [-0.4, -0.2) is 41.8 Å². The normalized spacial score (nSPS) is 22.3. The molecule has 3 atom stereocenters. The maximum atomic E-state index is 14.9. The average Bonchev–Trinajstić information content (AvgIpc) is 3.27. The number of ether oxygens (including phenoxy) is 1. The number of carboxylic acid groups (broad SMARTS) is 1. The van der Waals surface area contributed by atoms with Crippen LogP contribution in [0.2, 0.25) is 0 Å². The van der Waals surface area contributed by atoms with E-state index in [1.54, 1.807) is 24.3 Å². The number of hydrogen-bond acceptors (Lipinski definition) is 3. The molecule has 0 radical (unpaired) electrons. The molecule has 40 heavy (non-hydrogen) atoms. The number of nitrogens with zero attached hydrogens (tertiary/aromatic N) is 1. The molecular formula is C31H30F5NO3. The molecule has 1 saturated heterocycles. The number of carboxylic acids is 1. The molecule has 3 aromatic rings. The molecule has 1 N–H and O–H groups in total. The van der Waals surface area contributed by atoms with Gasteiger partial charge >= 0.3 is 12.1 Å². The summed E-state index contributed by atoms with van der Waals surface area (Å²) in [6.45, 7) is 1.72. The zero-order valence-corrected chi connectivity index (χ0v) is 22.2. The Kier molecular flexibility index (Phi) is 7.15. The van der Waals surface area contributed by atoms with Gasteiger partial charge in [-0.05, 0) is 85.7 Å². The lowest BCUT2D eigenvalue weighted by Crippen LogP contribution is -2.47. The average molecular weight is 560 g/mol. The number of alkyl halides is 4. The highest BCUT2D eigenvalue weighted by Gasteiger charge is 2.55. The number of halogens is 5. The SMILES string of the molecule is COc1cc(C(=O)O)ccc1CN1CC[C@@]2(Cc3ccc(F)cc3)c3ccc(C(C)(F)C(F)(F)F)cc3CC[C@@H]12. The molecule has 2 aliphatic rings. The van der Waals surface area contributed by atoms with Gasteiger partial charge < -0.3 is 9.84 Å². The summed E-state index contributed by atoms with van der Waals surface area (Å²) in [7, 11) is 1.49. The summed E-state index contributed by atoms with van der Waals surface area (Å²) < 4.78 is 74.6. The summed E-state index contributed by atoms with van der Waals surface area (Å²) in [5.41, 5.74) is -0.920. The molecule has 0 aromatic heterocycles. The van der Waals surface area contributed by atoms with Crippen molar-refractivity contribution in [3.05, 3.63) is 99.9 Å². The predicted molar refractivity (Wildman–Crippen MR) is 140 cm³/mol. The number of likely N-dealkylation sites (tertiary alicyclic amines) is 1. The van der Waals surface area contributed by atoms with Crippen molar-refractivity contribution in [2.75, 3.05) is 13.7 Å². The molecule has 0 bridgehead atoms. The largest absolute Gasteiger partial charge is 0.496 e. The first-order valence-electron chi connectivity index (χ1n) is 13.1. The van der Waals surface area contributed by atoms with E-state index in [-0.39, 0.29) is 17.4 Å². The maximum absolute atomic E-state index is 14.9. The van der Waals surface area contributed by atoms with Crippen molar-refractivity contribution in [2.24, 2.45) is 0 Å². The van der Waals surface area contributed by atoms with Crippen LogP contribution >= 0.6 is 0 Å². The van der Waals surface area contributed by atoms with Crippen molar-refractivity contribution in [3.63, 3.8) is 0 Å². The van der Waals surface area contributed by atoms with Crippen LogP contribution in [-0.2, 0) is 30.5 Å². The molecule has 1 aliphatic heterocycles. The van der Waals surface area contributed by atoms with Crippen molar-refractivity contribution < 1.29 is 36.6 Å². The standard InChI is InChI=1S/C31H30F5NO3/c1-29(33,31(34,35)36)23-8-11-25-20(15-23)7-12-27-30(25,17-19-3-9-24(32)10-4-19)13-14-37(27)18-22-6-5-21(28(38)39)16-26(22)40-2/h3-6,8-11,15-16,27H,7,12-14,17-18H2,1-2H3,(H,38,39)/t27-,29?,30-/m1/s1. The predicted octanol–water partition coefficient (Wildman–Crippen LogP) is 6.98. The minimum Gasteiger partial charge on any atom is -0.496 e. The monoisotopic (exact) mass is 559 g/mol. The molecule has 212 valence electrons. The molecule has 1 unspecified atom stereocenters. The molecule has 0 saturated carbocycles. The summed E-state index contributed by atoms with van der Waals surface area (Å²) >= 11 is 0. The molecule has 4 nitrogen and oxygen atoms in total. The van der Waals surface area contributed by atoms with Gasteiger partial charge in [0.1, 0.15) is 11.6 Å². The Hall–Kier alpha value is -3.46. The van der Waals surface area contributed by atoms with E-state index in [4.69, 9.17) is 4.74 Å². The Bertz CT molecular complexity index is 1420. The molecule has 0 spiro atoms. The Labute approximate surface area is 229 Å². The van der Waals surface area contributed by atoms with Gasteiger partial charge in [0.25, 0.3) is 0 Å². The van der Waals surface area contributed by atoms with Gasteiger partial charge in [-0.25, -0.2) is 13.6 Å². The Morgan fingerprint density at radius 3 is 2.45 bits per heavy atom. The quantitative estimate of drug-likeness (QED) is 0.318. The third kappa shape index (κ3) is 4.85. The Morgan fingerprint density at radius 2 is 1.80 bits per heavy atom.